The number of ether oxygens (including phenoxy) is 1. The van der Waals surface area contributed by atoms with E-state index in [-0.39, 0.29) is 13.0 Å². The van der Waals surface area contributed by atoms with E-state index in [4.69, 9.17) is 5.73 Å². The van der Waals surface area contributed by atoms with Crippen molar-refractivity contribution in [1.29, 1.82) is 0 Å². The second-order valence-electron chi connectivity index (χ2n) is 3.39. The quantitative estimate of drug-likeness (QED) is 0.591. The van der Waals surface area contributed by atoms with Crippen molar-refractivity contribution >= 4 is 17.6 Å². The highest BCUT2D eigenvalue weighted by Gasteiger charge is 2.11. The normalized spacial score (nSPS) is 9.76. The minimum absolute atomic E-state index is 0.269. The molecule has 0 saturated carbocycles. The van der Waals surface area contributed by atoms with Gasteiger partial charge in [-0.2, -0.15) is 0 Å². The number of nitrogens with two attached hydrogens (primary N) is 1. The third-order valence-corrected chi connectivity index (χ3v) is 2.12. The zero-order chi connectivity index (χ0) is 12.7. The Hall–Kier alpha value is -1.88. The molecule has 17 heavy (non-hydrogen) atoms. The minimum Gasteiger partial charge on any atom is -0.466 e. The summed E-state index contributed by atoms with van der Waals surface area (Å²) >= 11 is 0. The van der Waals surface area contributed by atoms with Crippen molar-refractivity contribution < 1.29 is 14.3 Å². The molecule has 0 radical (unpaired) electrons. The smallest absolute Gasteiger partial charge is 0.315 e. The molecule has 0 fully saturated rings. The van der Waals surface area contributed by atoms with E-state index in [2.05, 4.69) is 10.1 Å². The van der Waals surface area contributed by atoms with E-state index in [1.807, 2.05) is 12.1 Å². The number of carbonyl (C=O) groups excluding carboxylic acids is 2. The molecule has 3 N–H and O–H groups in total. The van der Waals surface area contributed by atoms with Gasteiger partial charge in [-0.3, -0.25) is 9.59 Å². The Labute approximate surface area is 99.9 Å². The summed E-state index contributed by atoms with van der Waals surface area (Å²) < 4.78 is 4.68. The van der Waals surface area contributed by atoms with Gasteiger partial charge in [-0.25, -0.2) is 0 Å². The van der Waals surface area contributed by atoms with Crippen LogP contribution in [0, 0.1) is 0 Å². The third kappa shape index (κ3) is 4.24. The molecule has 0 atom stereocenters. The van der Waals surface area contributed by atoms with Gasteiger partial charge in [0.25, 0.3) is 0 Å². The molecule has 0 aliphatic rings. The van der Waals surface area contributed by atoms with Gasteiger partial charge in [-0.15, -0.1) is 0 Å². The Morgan fingerprint density at radius 3 is 2.71 bits per heavy atom. The molecule has 0 spiro atoms. The average molecular weight is 236 g/mol. The summed E-state index contributed by atoms with van der Waals surface area (Å²) in [7, 11) is 0. The van der Waals surface area contributed by atoms with Crippen molar-refractivity contribution in [1.82, 2.24) is 0 Å². The predicted octanol–water partition coefficient (Wildman–Crippen LogP) is 1.04. The lowest BCUT2D eigenvalue weighted by Gasteiger charge is -2.09. The van der Waals surface area contributed by atoms with Gasteiger partial charge in [0.05, 0.1) is 6.61 Å². The number of para-hydroxylation sites is 1. The molecular weight excluding hydrogens is 220 g/mol. The van der Waals surface area contributed by atoms with Gasteiger partial charge < -0.3 is 15.8 Å². The number of nitrogens with one attached hydrogen (secondary N) is 1. The van der Waals surface area contributed by atoms with Crippen LogP contribution in [-0.2, 0) is 20.9 Å². The third-order valence-electron chi connectivity index (χ3n) is 2.12. The SMILES string of the molecule is CCOC(=O)CC(=O)Nc1ccccc1CN. The van der Waals surface area contributed by atoms with Crippen LogP contribution >= 0.6 is 0 Å². The van der Waals surface area contributed by atoms with Crippen LogP contribution < -0.4 is 11.1 Å². The van der Waals surface area contributed by atoms with Gasteiger partial charge in [-0.05, 0) is 18.6 Å². The summed E-state index contributed by atoms with van der Waals surface area (Å²) in [5, 5.41) is 2.63. The first-order valence-electron chi connectivity index (χ1n) is 5.40. The van der Waals surface area contributed by atoms with Crippen LogP contribution in [0.4, 0.5) is 5.69 Å². The van der Waals surface area contributed by atoms with Gasteiger partial charge in [0.1, 0.15) is 6.42 Å². The van der Waals surface area contributed by atoms with Gasteiger partial charge >= 0.3 is 5.97 Å². The molecule has 1 aromatic carbocycles. The van der Waals surface area contributed by atoms with Crippen molar-refractivity contribution in [2.75, 3.05) is 11.9 Å². The van der Waals surface area contributed by atoms with E-state index in [9.17, 15) is 9.59 Å². The van der Waals surface area contributed by atoms with Crippen molar-refractivity contribution in [2.45, 2.75) is 19.9 Å². The number of benzene rings is 1. The second kappa shape index (κ2) is 6.65. The van der Waals surface area contributed by atoms with E-state index in [1.54, 1.807) is 19.1 Å². The van der Waals surface area contributed by atoms with Gasteiger partial charge in [-0.1, -0.05) is 18.2 Å². The maximum Gasteiger partial charge on any atom is 0.315 e. The van der Waals surface area contributed by atoms with Crippen LogP contribution in [-0.4, -0.2) is 18.5 Å². The maximum absolute atomic E-state index is 11.5. The molecular formula is C12H16N2O3. The molecule has 0 aromatic heterocycles. The Morgan fingerprint density at radius 2 is 2.06 bits per heavy atom. The van der Waals surface area contributed by atoms with E-state index in [1.165, 1.54) is 0 Å². The molecule has 5 heteroatoms. The summed E-state index contributed by atoms with van der Waals surface area (Å²) in [4.78, 5) is 22.6. The molecule has 5 nitrogen and oxygen atoms in total. The lowest BCUT2D eigenvalue weighted by Crippen LogP contribution is -2.19. The molecule has 1 aromatic rings. The monoisotopic (exact) mass is 236 g/mol. The highest BCUT2D eigenvalue weighted by atomic mass is 16.5. The fourth-order valence-corrected chi connectivity index (χ4v) is 1.36. The average Bonchev–Trinajstić information content (AvgIpc) is 2.29. The Kier molecular flexibility index (Phi) is 5.16. The lowest BCUT2D eigenvalue weighted by atomic mass is 10.2. The zero-order valence-corrected chi connectivity index (χ0v) is 9.73. The summed E-state index contributed by atoms with van der Waals surface area (Å²) in [6, 6.07) is 7.19. The van der Waals surface area contributed by atoms with Crippen molar-refractivity contribution in [3.63, 3.8) is 0 Å². The minimum atomic E-state index is -0.532. The fraction of sp³-hybridized carbons (Fsp3) is 0.333. The number of hydrogen-bond donors (Lipinski definition) is 2. The maximum atomic E-state index is 11.5. The lowest BCUT2D eigenvalue weighted by molar-refractivity contribution is -0.145. The first-order chi connectivity index (χ1) is 8.17. The summed E-state index contributed by atoms with van der Waals surface area (Å²) in [5.74, 6) is -0.931. The highest BCUT2D eigenvalue weighted by molar-refractivity contribution is 6.02. The molecule has 0 unspecified atom stereocenters. The number of amides is 1. The van der Waals surface area contributed by atoms with E-state index in [0.29, 0.717) is 12.2 Å². The predicted molar refractivity (Wildman–Crippen MR) is 64.2 cm³/mol. The van der Waals surface area contributed by atoms with Gasteiger partial charge in [0.15, 0.2) is 0 Å². The van der Waals surface area contributed by atoms with Crippen LogP contribution in [0.2, 0.25) is 0 Å². The molecule has 0 saturated heterocycles. The number of carbonyl (C=O) groups is 2. The summed E-state index contributed by atoms with van der Waals surface area (Å²) in [5.41, 5.74) is 6.99. The molecule has 0 heterocycles. The van der Waals surface area contributed by atoms with Crippen LogP contribution in [0.1, 0.15) is 18.9 Å². The molecule has 1 rings (SSSR count). The molecule has 92 valence electrons. The standard InChI is InChI=1S/C12H16N2O3/c1-2-17-12(16)7-11(15)14-10-6-4-3-5-9(10)8-13/h3-6H,2,7-8,13H2,1H3,(H,14,15). The van der Waals surface area contributed by atoms with Crippen LogP contribution in [0.3, 0.4) is 0 Å². The van der Waals surface area contributed by atoms with Crippen molar-refractivity contribution in [3.05, 3.63) is 29.8 Å². The number of hydrogen-bond acceptors (Lipinski definition) is 4. The second-order valence-corrected chi connectivity index (χ2v) is 3.39. The zero-order valence-electron chi connectivity index (χ0n) is 9.73. The first-order valence-corrected chi connectivity index (χ1v) is 5.40. The number of esters is 1. The molecule has 0 bridgehead atoms. The highest BCUT2D eigenvalue weighted by Crippen LogP contribution is 2.14. The topological polar surface area (TPSA) is 81.4 Å². The Morgan fingerprint density at radius 1 is 1.35 bits per heavy atom. The summed E-state index contributed by atoms with van der Waals surface area (Å²) in [6.45, 7) is 2.29. The molecule has 1 amide bonds. The number of rotatable bonds is 5. The van der Waals surface area contributed by atoms with Gasteiger partial charge in [0.2, 0.25) is 5.91 Å². The largest absolute Gasteiger partial charge is 0.466 e. The Bertz CT molecular complexity index is 404. The van der Waals surface area contributed by atoms with Crippen LogP contribution in [0.15, 0.2) is 24.3 Å². The Balaban J connectivity index is 2.59. The summed E-state index contributed by atoms with van der Waals surface area (Å²) in [6.07, 6.45) is -0.285. The molecule has 0 aliphatic heterocycles. The van der Waals surface area contributed by atoms with E-state index >= 15 is 0 Å². The van der Waals surface area contributed by atoms with Crippen LogP contribution in [0.5, 0.6) is 0 Å². The van der Waals surface area contributed by atoms with E-state index < -0.39 is 11.9 Å². The first kappa shape index (κ1) is 13.2. The molecule has 0 aliphatic carbocycles. The van der Waals surface area contributed by atoms with Crippen molar-refractivity contribution in [3.8, 4) is 0 Å². The van der Waals surface area contributed by atoms with Gasteiger partial charge in [0, 0.05) is 12.2 Å². The van der Waals surface area contributed by atoms with Crippen molar-refractivity contribution in [2.24, 2.45) is 5.73 Å². The number of anilines is 1. The fourth-order valence-electron chi connectivity index (χ4n) is 1.36. The van der Waals surface area contributed by atoms with Crippen LogP contribution in [0.25, 0.3) is 0 Å². The van der Waals surface area contributed by atoms with E-state index in [0.717, 1.165) is 5.56 Å².